The summed E-state index contributed by atoms with van der Waals surface area (Å²) in [4.78, 5) is 8.45. The molecule has 0 radical (unpaired) electrons. The van der Waals surface area contributed by atoms with Gasteiger partial charge in [-0.05, 0) is 31.6 Å². The Labute approximate surface area is 158 Å². The average molecular weight is 395 g/mol. The van der Waals surface area contributed by atoms with Gasteiger partial charge >= 0.3 is 0 Å². The molecule has 27 heavy (non-hydrogen) atoms. The monoisotopic (exact) mass is 395 g/mol. The number of aromatic nitrogens is 4. The summed E-state index contributed by atoms with van der Waals surface area (Å²) in [6.45, 7) is 1.77. The van der Waals surface area contributed by atoms with Crippen molar-refractivity contribution in [1.29, 1.82) is 0 Å². The van der Waals surface area contributed by atoms with E-state index in [1.54, 1.807) is 11.6 Å². The third-order valence-electron chi connectivity index (χ3n) is 5.00. The summed E-state index contributed by atoms with van der Waals surface area (Å²) in [5.41, 5.74) is 0. The van der Waals surface area contributed by atoms with Crippen molar-refractivity contribution in [1.82, 2.24) is 24.0 Å². The second kappa shape index (κ2) is 7.69. The Hall–Kier alpha value is -1.78. The maximum absolute atomic E-state index is 13.0. The molecule has 0 N–H and O–H groups in total. The summed E-state index contributed by atoms with van der Waals surface area (Å²) < 4.78 is 40.1. The van der Waals surface area contributed by atoms with Crippen molar-refractivity contribution in [2.45, 2.75) is 49.6 Å². The van der Waals surface area contributed by atoms with Gasteiger partial charge in [0.15, 0.2) is 10.9 Å². The molecule has 2 aromatic heterocycles. The number of piperidine rings is 1. The first-order chi connectivity index (χ1) is 13.0. The SMILES string of the molecule is Cn1cnc(S(=O)(=O)N2CCCCC2c2nc(CCOCC3CC3)no2)c1. The van der Waals surface area contributed by atoms with Crippen LogP contribution in [-0.4, -0.2) is 52.2 Å². The first kappa shape index (κ1) is 18.6. The van der Waals surface area contributed by atoms with Gasteiger partial charge in [-0.3, -0.25) is 0 Å². The van der Waals surface area contributed by atoms with Gasteiger partial charge in [0.25, 0.3) is 10.0 Å². The minimum Gasteiger partial charge on any atom is -0.381 e. The molecule has 2 fully saturated rings. The van der Waals surface area contributed by atoms with Crippen molar-refractivity contribution in [3.63, 3.8) is 0 Å². The van der Waals surface area contributed by atoms with Crippen LogP contribution in [0.2, 0.25) is 0 Å². The Kier molecular flexibility index (Phi) is 5.29. The molecule has 0 bridgehead atoms. The van der Waals surface area contributed by atoms with Gasteiger partial charge in [-0.2, -0.15) is 9.29 Å². The molecular formula is C17H25N5O4S. The second-order valence-corrected chi connectivity index (χ2v) is 9.16. The number of sulfonamides is 1. The summed E-state index contributed by atoms with van der Waals surface area (Å²) in [5.74, 6) is 1.63. The van der Waals surface area contributed by atoms with Crippen molar-refractivity contribution < 1.29 is 17.7 Å². The number of hydrogen-bond acceptors (Lipinski definition) is 7. The highest BCUT2D eigenvalue weighted by molar-refractivity contribution is 7.89. The van der Waals surface area contributed by atoms with Gasteiger partial charge in [0.2, 0.25) is 5.89 Å². The summed E-state index contributed by atoms with van der Waals surface area (Å²) in [6.07, 6.45) is 8.46. The predicted octanol–water partition coefficient (Wildman–Crippen LogP) is 1.69. The van der Waals surface area contributed by atoms with Gasteiger partial charge in [-0.25, -0.2) is 13.4 Å². The molecule has 1 saturated heterocycles. The lowest BCUT2D eigenvalue weighted by molar-refractivity contribution is 0.125. The number of hydrogen-bond donors (Lipinski definition) is 0. The first-order valence-electron chi connectivity index (χ1n) is 9.44. The van der Waals surface area contributed by atoms with E-state index in [0.29, 0.717) is 37.7 Å². The second-order valence-electron chi connectivity index (χ2n) is 7.32. The minimum atomic E-state index is -3.70. The van der Waals surface area contributed by atoms with E-state index in [-0.39, 0.29) is 5.03 Å². The summed E-state index contributed by atoms with van der Waals surface area (Å²) in [7, 11) is -1.96. The molecule has 0 amide bonds. The molecule has 1 atom stereocenters. The van der Waals surface area contributed by atoms with Crippen LogP contribution >= 0.6 is 0 Å². The van der Waals surface area contributed by atoms with Crippen LogP contribution in [0, 0.1) is 5.92 Å². The fraction of sp³-hybridized carbons (Fsp3) is 0.706. The normalized spacial score (nSPS) is 21.6. The van der Waals surface area contributed by atoms with Crippen molar-refractivity contribution >= 4 is 10.0 Å². The van der Waals surface area contributed by atoms with Gasteiger partial charge in [0, 0.05) is 32.8 Å². The van der Waals surface area contributed by atoms with Crippen LogP contribution in [0.3, 0.4) is 0 Å². The molecule has 4 rings (SSSR count). The quantitative estimate of drug-likeness (QED) is 0.627. The summed E-state index contributed by atoms with van der Waals surface area (Å²) >= 11 is 0. The fourth-order valence-corrected chi connectivity index (χ4v) is 4.90. The van der Waals surface area contributed by atoms with Crippen LogP contribution in [0.15, 0.2) is 22.1 Å². The number of aryl methyl sites for hydroxylation is 1. The van der Waals surface area contributed by atoms with E-state index in [9.17, 15) is 8.42 Å². The Bertz CT molecular complexity index is 874. The Morgan fingerprint density at radius 1 is 1.30 bits per heavy atom. The maximum atomic E-state index is 13.0. The van der Waals surface area contributed by atoms with Crippen LogP contribution in [0.5, 0.6) is 0 Å². The first-order valence-corrected chi connectivity index (χ1v) is 10.9. The fourth-order valence-electron chi connectivity index (χ4n) is 3.28. The maximum Gasteiger partial charge on any atom is 0.262 e. The van der Waals surface area contributed by atoms with E-state index in [2.05, 4.69) is 15.1 Å². The third kappa shape index (κ3) is 4.22. The van der Waals surface area contributed by atoms with Crippen LogP contribution in [-0.2, 0) is 28.2 Å². The number of imidazole rings is 1. The highest BCUT2D eigenvalue weighted by Gasteiger charge is 2.38. The molecule has 3 heterocycles. The van der Waals surface area contributed by atoms with E-state index in [1.165, 1.54) is 29.7 Å². The molecule has 148 valence electrons. The van der Waals surface area contributed by atoms with E-state index < -0.39 is 16.1 Å². The van der Waals surface area contributed by atoms with Gasteiger partial charge in [0.1, 0.15) is 6.04 Å². The zero-order valence-corrected chi connectivity index (χ0v) is 16.3. The molecule has 2 aromatic rings. The number of ether oxygens (including phenoxy) is 1. The Morgan fingerprint density at radius 2 is 2.15 bits per heavy atom. The van der Waals surface area contributed by atoms with Crippen molar-refractivity contribution in [2.75, 3.05) is 19.8 Å². The molecule has 9 nitrogen and oxygen atoms in total. The third-order valence-corrected chi connectivity index (χ3v) is 6.79. The zero-order chi connectivity index (χ0) is 18.9. The largest absolute Gasteiger partial charge is 0.381 e. The average Bonchev–Trinajstić information content (AvgIpc) is 3.18. The summed E-state index contributed by atoms with van der Waals surface area (Å²) in [5, 5.41) is 4.06. The van der Waals surface area contributed by atoms with E-state index in [1.807, 2.05) is 0 Å². The highest BCUT2D eigenvalue weighted by atomic mass is 32.2. The van der Waals surface area contributed by atoms with Gasteiger partial charge in [-0.1, -0.05) is 11.6 Å². The zero-order valence-electron chi connectivity index (χ0n) is 15.5. The molecule has 2 aliphatic rings. The Morgan fingerprint density at radius 3 is 2.89 bits per heavy atom. The summed E-state index contributed by atoms with van der Waals surface area (Å²) in [6, 6.07) is -0.445. The Balaban J connectivity index is 1.45. The number of rotatable bonds is 8. The smallest absolute Gasteiger partial charge is 0.262 e. The molecule has 0 spiro atoms. The lowest BCUT2D eigenvalue weighted by Crippen LogP contribution is -2.38. The lowest BCUT2D eigenvalue weighted by atomic mass is 10.1. The van der Waals surface area contributed by atoms with Crippen LogP contribution in [0.25, 0.3) is 0 Å². The molecular weight excluding hydrogens is 370 g/mol. The van der Waals surface area contributed by atoms with Crippen molar-refractivity contribution in [3.8, 4) is 0 Å². The standard InChI is InChI=1S/C17H25N5O4S/c1-21-10-16(18-12-21)27(23,24)22-8-3-2-4-14(22)17-19-15(20-26-17)7-9-25-11-13-5-6-13/h10,12-14H,2-9,11H2,1H3. The molecule has 10 heteroatoms. The topological polar surface area (TPSA) is 103 Å². The molecule has 1 unspecified atom stereocenters. The van der Waals surface area contributed by atoms with E-state index in [0.717, 1.165) is 25.4 Å². The van der Waals surface area contributed by atoms with Crippen LogP contribution in [0.4, 0.5) is 0 Å². The number of nitrogens with zero attached hydrogens (tertiary/aromatic N) is 5. The highest BCUT2D eigenvalue weighted by Crippen LogP contribution is 2.34. The lowest BCUT2D eigenvalue weighted by Gasteiger charge is -2.31. The molecule has 1 saturated carbocycles. The van der Waals surface area contributed by atoms with Gasteiger partial charge in [0.05, 0.1) is 12.9 Å². The van der Waals surface area contributed by atoms with Crippen molar-refractivity contribution in [2.24, 2.45) is 13.0 Å². The van der Waals surface area contributed by atoms with E-state index in [4.69, 9.17) is 9.26 Å². The molecule has 0 aromatic carbocycles. The van der Waals surface area contributed by atoms with Crippen LogP contribution < -0.4 is 0 Å². The van der Waals surface area contributed by atoms with Gasteiger partial charge < -0.3 is 13.8 Å². The predicted molar refractivity (Wildman–Crippen MR) is 95.2 cm³/mol. The molecule has 1 aliphatic carbocycles. The van der Waals surface area contributed by atoms with E-state index >= 15 is 0 Å². The van der Waals surface area contributed by atoms with Crippen molar-refractivity contribution in [3.05, 3.63) is 24.2 Å². The minimum absolute atomic E-state index is 0.0464. The van der Waals surface area contributed by atoms with Gasteiger partial charge in [-0.15, -0.1) is 0 Å². The van der Waals surface area contributed by atoms with Crippen LogP contribution in [0.1, 0.15) is 49.9 Å². The molecule has 1 aliphatic heterocycles.